The van der Waals surface area contributed by atoms with E-state index < -0.39 is 14.1 Å². The number of anilines is 1. The minimum absolute atomic E-state index is 0.173. The lowest BCUT2D eigenvalue weighted by atomic mass is 10.6. The van der Waals surface area contributed by atoms with E-state index in [4.69, 9.17) is 4.74 Å². The molecule has 0 unspecified atom stereocenters. The van der Waals surface area contributed by atoms with Crippen LogP contribution >= 0.6 is 0 Å². The Morgan fingerprint density at radius 2 is 2.07 bits per heavy atom. The minimum atomic E-state index is -1.60. The molecular formula is C8H14FN3OSi. The molecule has 1 aromatic rings. The second-order valence-corrected chi connectivity index (χ2v) is 8.68. The van der Waals surface area contributed by atoms with E-state index in [-0.39, 0.29) is 11.8 Å². The van der Waals surface area contributed by atoms with Gasteiger partial charge in [-0.25, -0.2) is 9.37 Å². The fourth-order valence-corrected chi connectivity index (χ4v) is 1.78. The number of nitrogens with zero attached hydrogens (tertiary/aromatic N) is 2. The first-order chi connectivity index (χ1) is 6.42. The van der Waals surface area contributed by atoms with Gasteiger partial charge in [0.15, 0.2) is 11.6 Å². The van der Waals surface area contributed by atoms with Crippen LogP contribution in [0.1, 0.15) is 0 Å². The molecule has 0 saturated heterocycles. The molecule has 0 fully saturated rings. The number of nitrogens with one attached hydrogen (secondary N) is 1. The normalized spacial score (nSPS) is 11.2. The smallest absolute Gasteiger partial charge is 0.318 e. The number of aromatic nitrogens is 2. The van der Waals surface area contributed by atoms with Gasteiger partial charge in [-0.3, -0.25) is 0 Å². The van der Waals surface area contributed by atoms with Gasteiger partial charge in [-0.2, -0.15) is 4.98 Å². The third-order valence-corrected chi connectivity index (χ3v) is 2.38. The predicted octanol–water partition coefficient (Wildman–Crippen LogP) is 1.87. The molecule has 1 rings (SSSR count). The van der Waals surface area contributed by atoms with Gasteiger partial charge in [-0.05, 0) is 0 Å². The van der Waals surface area contributed by atoms with Gasteiger partial charge < -0.3 is 9.72 Å². The molecule has 1 heterocycles. The number of ether oxygens (including phenoxy) is 1. The fraction of sp³-hybridized carbons (Fsp3) is 0.500. The molecule has 4 nitrogen and oxygen atoms in total. The summed E-state index contributed by atoms with van der Waals surface area (Å²) >= 11 is 0. The van der Waals surface area contributed by atoms with E-state index in [9.17, 15) is 4.39 Å². The largest absolute Gasteiger partial charge is 0.467 e. The molecule has 0 aliphatic rings. The summed E-state index contributed by atoms with van der Waals surface area (Å²) in [7, 11) is -0.151. The summed E-state index contributed by atoms with van der Waals surface area (Å²) in [5.74, 6) is -0.232. The summed E-state index contributed by atoms with van der Waals surface area (Å²) in [5.41, 5.74) is 0. The molecule has 0 aliphatic carbocycles. The Labute approximate surface area is 83.6 Å². The number of halogens is 1. The maximum atomic E-state index is 13.2. The van der Waals surface area contributed by atoms with Crippen molar-refractivity contribution in [3.8, 4) is 6.01 Å². The highest BCUT2D eigenvalue weighted by Gasteiger charge is 2.17. The van der Waals surface area contributed by atoms with Gasteiger partial charge in [0.1, 0.15) is 8.24 Å². The Kier molecular flexibility index (Phi) is 3.05. The van der Waals surface area contributed by atoms with Crippen LogP contribution in [-0.4, -0.2) is 25.3 Å². The molecule has 0 radical (unpaired) electrons. The van der Waals surface area contributed by atoms with Crippen LogP contribution in [0.25, 0.3) is 0 Å². The minimum Gasteiger partial charge on any atom is -0.467 e. The predicted molar refractivity (Wildman–Crippen MR) is 55.5 cm³/mol. The third-order valence-electron chi connectivity index (χ3n) is 1.40. The molecule has 0 atom stereocenters. The lowest BCUT2D eigenvalue weighted by Crippen LogP contribution is -2.33. The highest BCUT2D eigenvalue weighted by atomic mass is 28.3. The Morgan fingerprint density at radius 3 is 2.57 bits per heavy atom. The van der Waals surface area contributed by atoms with Crippen molar-refractivity contribution in [2.24, 2.45) is 0 Å². The molecular weight excluding hydrogens is 201 g/mol. The van der Waals surface area contributed by atoms with Crippen LogP contribution in [0.3, 0.4) is 0 Å². The van der Waals surface area contributed by atoms with Crippen molar-refractivity contribution in [1.29, 1.82) is 0 Å². The molecule has 78 valence electrons. The molecule has 0 aliphatic heterocycles. The summed E-state index contributed by atoms with van der Waals surface area (Å²) in [6.07, 6.45) is 1.11. The van der Waals surface area contributed by atoms with E-state index >= 15 is 0 Å². The highest BCUT2D eigenvalue weighted by Crippen LogP contribution is 2.15. The van der Waals surface area contributed by atoms with Gasteiger partial charge in [0, 0.05) is 0 Å². The van der Waals surface area contributed by atoms with E-state index in [0.717, 1.165) is 6.20 Å². The van der Waals surface area contributed by atoms with Crippen LogP contribution in [0.4, 0.5) is 10.2 Å². The number of methoxy groups -OCH3 is 1. The average Bonchev–Trinajstić information content (AvgIpc) is 2.06. The molecule has 6 heteroatoms. The summed E-state index contributed by atoms with van der Waals surface area (Å²) < 4.78 is 18.0. The van der Waals surface area contributed by atoms with Crippen molar-refractivity contribution in [2.45, 2.75) is 19.6 Å². The van der Waals surface area contributed by atoms with Crippen molar-refractivity contribution in [3.05, 3.63) is 12.0 Å². The molecule has 0 amide bonds. The van der Waals surface area contributed by atoms with Crippen LogP contribution in [-0.2, 0) is 0 Å². The Bertz CT molecular complexity index is 327. The zero-order chi connectivity index (χ0) is 10.8. The first kappa shape index (κ1) is 10.9. The third kappa shape index (κ3) is 2.95. The van der Waals surface area contributed by atoms with Gasteiger partial charge in [0.2, 0.25) is 0 Å². The van der Waals surface area contributed by atoms with Crippen LogP contribution < -0.4 is 9.72 Å². The van der Waals surface area contributed by atoms with Crippen molar-refractivity contribution < 1.29 is 9.13 Å². The van der Waals surface area contributed by atoms with Gasteiger partial charge in [-0.15, -0.1) is 0 Å². The van der Waals surface area contributed by atoms with Gasteiger partial charge in [0.05, 0.1) is 13.3 Å². The molecule has 0 saturated carbocycles. The van der Waals surface area contributed by atoms with E-state index in [1.54, 1.807) is 0 Å². The van der Waals surface area contributed by atoms with E-state index in [0.29, 0.717) is 0 Å². The molecule has 14 heavy (non-hydrogen) atoms. The second-order valence-electron chi connectivity index (χ2n) is 3.93. The summed E-state index contributed by atoms with van der Waals surface area (Å²) in [6.45, 7) is 6.17. The molecule has 0 aromatic carbocycles. The fourth-order valence-electron chi connectivity index (χ4n) is 0.892. The number of hydrogen-bond donors (Lipinski definition) is 1. The van der Waals surface area contributed by atoms with E-state index in [1.807, 2.05) is 0 Å². The Morgan fingerprint density at radius 1 is 1.43 bits per heavy atom. The highest BCUT2D eigenvalue weighted by molar-refractivity contribution is 6.79. The maximum absolute atomic E-state index is 13.2. The van der Waals surface area contributed by atoms with Crippen LogP contribution in [0.2, 0.25) is 19.6 Å². The quantitative estimate of drug-likeness (QED) is 0.782. The zero-order valence-corrected chi connectivity index (χ0v) is 9.76. The van der Waals surface area contributed by atoms with Crippen molar-refractivity contribution in [1.82, 2.24) is 9.97 Å². The standard InChI is InChI=1S/C8H14FN3OSi/c1-13-8-10-5-6(9)7(11-8)12-14(2,3)4/h5H,1-4H3,(H,10,11,12). The molecule has 0 spiro atoms. The SMILES string of the molecule is COc1ncc(F)c(N[Si](C)(C)C)n1. The lowest BCUT2D eigenvalue weighted by Gasteiger charge is -2.18. The Hall–Kier alpha value is -1.17. The summed E-state index contributed by atoms with van der Waals surface area (Å²) in [5, 5.41) is 0. The van der Waals surface area contributed by atoms with Crippen LogP contribution in [0.15, 0.2) is 6.20 Å². The first-order valence-corrected chi connectivity index (χ1v) is 7.77. The maximum Gasteiger partial charge on any atom is 0.318 e. The molecule has 1 N–H and O–H groups in total. The average molecular weight is 215 g/mol. The zero-order valence-electron chi connectivity index (χ0n) is 8.76. The van der Waals surface area contributed by atoms with Crippen molar-refractivity contribution in [3.63, 3.8) is 0 Å². The number of rotatable bonds is 3. The molecule has 1 aromatic heterocycles. The van der Waals surface area contributed by atoms with E-state index in [1.165, 1.54) is 7.11 Å². The van der Waals surface area contributed by atoms with Gasteiger partial charge in [-0.1, -0.05) is 19.6 Å². The van der Waals surface area contributed by atoms with E-state index in [2.05, 4.69) is 34.6 Å². The summed E-state index contributed by atoms with van der Waals surface area (Å²) in [4.78, 5) is 10.6. The second kappa shape index (κ2) is 3.91. The van der Waals surface area contributed by atoms with Crippen LogP contribution in [0.5, 0.6) is 6.01 Å². The summed E-state index contributed by atoms with van der Waals surface area (Å²) in [6, 6.07) is 0.173. The van der Waals surface area contributed by atoms with Crippen molar-refractivity contribution in [2.75, 3.05) is 12.1 Å². The van der Waals surface area contributed by atoms with Gasteiger partial charge >= 0.3 is 6.01 Å². The van der Waals surface area contributed by atoms with Gasteiger partial charge in [0.25, 0.3) is 0 Å². The van der Waals surface area contributed by atoms with Crippen molar-refractivity contribution >= 4 is 14.1 Å². The molecule has 0 bridgehead atoms. The number of hydrogen-bond acceptors (Lipinski definition) is 4. The Balaban J connectivity index is 2.95. The monoisotopic (exact) mass is 215 g/mol. The lowest BCUT2D eigenvalue weighted by molar-refractivity contribution is 0.377. The topological polar surface area (TPSA) is 47.0 Å². The van der Waals surface area contributed by atoms with Crippen LogP contribution in [0, 0.1) is 5.82 Å². The first-order valence-electron chi connectivity index (χ1n) is 4.27.